The van der Waals surface area contributed by atoms with Gasteiger partial charge in [0.15, 0.2) is 0 Å². The molecule has 186 valence electrons. The molecule has 0 spiro atoms. The van der Waals surface area contributed by atoms with Crippen molar-refractivity contribution in [3.05, 3.63) is 69.4 Å². The summed E-state index contributed by atoms with van der Waals surface area (Å²) in [5, 5.41) is 9.23. The van der Waals surface area contributed by atoms with Gasteiger partial charge in [-0.3, -0.25) is 4.79 Å². The van der Waals surface area contributed by atoms with E-state index >= 15 is 0 Å². The Bertz CT molecular complexity index is 1110. The summed E-state index contributed by atoms with van der Waals surface area (Å²) in [6, 6.07) is 13.8. The fourth-order valence-electron chi connectivity index (χ4n) is 4.41. The average Bonchev–Trinajstić information content (AvgIpc) is 2.78. The topological polar surface area (TPSA) is 73.6 Å². The zero-order valence-electron chi connectivity index (χ0n) is 20.6. The molecule has 2 aromatic rings. The zero-order chi connectivity index (χ0) is 25.8. The number of carbonyl (C=O) groups is 2. The zero-order valence-corrected chi connectivity index (χ0v) is 22.2. The summed E-state index contributed by atoms with van der Waals surface area (Å²) >= 11 is 3.41. The Hall–Kier alpha value is -2.92. The molecule has 0 bridgehead atoms. The van der Waals surface area contributed by atoms with Crippen LogP contribution in [0.2, 0.25) is 0 Å². The van der Waals surface area contributed by atoms with Gasteiger partial charge in [-0.2, -0.15) is 5.26 Å². The molecule has 0 N–H and O–H groups in total. The first kappa shape index (κ1) is 26.7. The molecule has 1 fully saturated rings. The van der Waals surface area contributed by atoms with Gasteiger partial charge in [-0.05, 0) is 75.1 Å². The van der Waals surface area contributed by atoms with Crippen LogP contribution in [-0.4, -0.2) is 47.5 Å². The maximum atomic E-state index is 13.7. The maximum absolute atomic E-state index is 13.7. The van der Waals surface area contributed by atoms with E-state index in [0.717, 1.165) is 15.6 Å². The van der Waals surface area contributed by atoms with E-state index in [1.54, 1.807) is 41.1 Å². The minimum atomic E-state index is -0.584. The first-order valence-corrected chi connectivity index (χ1v) is 12.4. The van der Waals surface area contributed by atoms with Crippen molar-refractivity contribution in [2.24, 2.45) is 0 Å². The minimum Gasteiger partial charge on any atom is -0.444 e. The highest BCUT2D eigenvalue weighted by molar-refractivity contribution is 9.10. The highest BCUT2D eigenvalue weighted by atomic mass is 79.9. The lowest BCUT2D eigenvalue weighted by Crippen LogP contribution is -2.48. The number of halogens is 2. The minimum absolute atomic E-state index is 0.0569. The number of amides is 2. The highest BCUT2D eigenvalue weighted by Gasteiger charge is 2.40. The van der Waals surface area contributed by atoms with E-state index in [-0.39, 0.29) is 24.2 Å². The smallest absolute Gasteiger partial charge is 0.410 e. The third-order valence-electron chi connectivity index (χ3n) is 6.25. The molecule has 0 aliphatic carbocycles. The molecule has 0 aromatic heterocycles. The first-order chi connectivity index (χ1) is 16.4. The van der Waals surface area contributed by atoms with Gasteiger partial charge in [-0.1, -0.05) is 28.1 Å². The van der Waals surface area contributed by atoms with Gasteiger partial charge in [0.25, 0.3) is 0 Å². The van der Waals surface area contributed by atoms with Gasteiger partial charge >= 0.3 is 6.09 Å². The molecule has 3 rings (SSSR count). The van der Waals surface area contributed by atoms with Crippen LogP contribution >= 0.6 is 15.9 Å². The van der Waals surface area contributed by atoms with E-state index in [4.69, 9.17) is 4.74 Å². The first-order valence-electron chi connectivity index (χ1n) is 11.6. The number of nitrogens with zero attached hydrogens (tertiary/aromatic N) is 3. The van der Waals surface area contributed by atoms with Crippen molar-refractivity contribution in [3.8, 4) is 6.07 Å². The Labute approximate surface area is 214 Å². The van der Waals surface area contributed by atoms with E-state index in [0.29, 0.717) is 38.0 Å². The molecule has 6 nitrogen and oxygen atoms in total. The Morgan fingerprint density at radius 1 is 1.17 bits per heavy atom. The van der Waals surface area contributed by atoms with E-state index in [1.807, 2.05) is 26.8 Å². The second-order valence-electron chi connectivity index (χ2n) is 10.1. The van der Waals surface area contributed by atoms with Crippen molar-refractivity contribution in [1.82, 2.24) is 9.80 Å². The molecule has 2 amide bonds. The third-order valence-corrected chi connectivity index (χ3v) is 6.71. The standard InChI is InChI=1S/C27H31BrFN3O3/c1-26(2,3)35-25(34)32-11-9-27(10-12-32,21-5-7-23(29)8-6-21)16-24(33)31(4)18-20-13-19(17-30)14-22(28)15-20/h5-8,13-15H,9-12,16,18H2,1-4H3. The summed E-state index contributed by atoms with van der Waals surface area (Å²) in [4.78, 5) is 29.3. The van der Waals surface area contributed by atoms with Crippen LogP contribution in [0.1, 0.15) is 56.7 Å². The largest absolute Gasteiger partial charge is 0.444 e. The van der Waals surface area contributed by atoms with E-state index in [1.165, 1.54) is 12.1 Å². The van der Waals surface area contributed by atoms with Gasteiger partial charge in [-0.25, -0.2) is 9.18 Å². The number of hydrogen-bond acceptors (Lipinski definition) is 4. The van der Waals surface area contributed by atoms with Crippen molar-refractivity contribution in [2.45, 2.75) is 57.6 Å². The van der Waals surface area contributed by atoms with Gasteiger partial charge in [0.05, 0.1) is 11.6 Å². The monoisotopic (exact) mass is 543 g/mol. The lowest BCUT2D eigenvalue weighted by atomic mass is 9.70. The summed E-state index contributed by atoms with van der Waals surface area (Å²) in [5.74, 6) is -0.389. The number of hydrogen-bond donors (Lipinski definition) is 0. The molecule has 0 unspecified atom stereocenters. The van der Waals surface area contributed by atoms with Gasteiger partial charge in [-0.15, -0.1) is 0 Å². The molecule has 1 saturated heterocycles. The molecule has 35 heavy (non-hydrogen) atoms. The average molecular weight is 544 g/mol. The predicted octanol–water partition coefficient (Wildman–Crippen LogP) is 5.78. The number of rotatable bonds is 5. The van der Waals surface area contributed by atoms with Crippen molar-refractivity contribution in [2.75, 3.05) is 20.1 Å². The summed E-state index contributed by atoms with van der Waals surface area (Å²) < 4.78 is 20.0. The van der Waals surface area contributed by atoms with Crippen molar-refractivity contribution >= 4 is 27.9 Å². The fraction of sp³-hybridized carbons (Fsp3) is 0.444. The van der Waals surface area contributed by atoms with Crippen LogP contribution in [0.4, 0.5) is 9.18 Å². The molecule has 2 aromatic carbocycles. The third kappa shape index (κ3) is 7.04. The maximum Gasteiger partial charge on any atom is 0.410 e. The van der Waals surface area contributed by atoms with Gasteiger partial charge in [0.1, 0.15) is 11.4 Å². The second-order valence-corrected chi connectivity index (χ2v) is 11.1. The molecule has 8 heteroatoms. The second kappa shape index (κ2) is 10.8. The lowest BCUT2D eigenvalue weighted by molar-refractivity contribution is -0.132. The van der Waals surface area contributed by atoms with Crippen molar-refractivity contribution in [1.29, 1.82) is 5.26 Å². The lowest BCUT2D eigenvalue weighted by Gasteiger charge is -2.42. The number of carbonyl (C=O) groups excluding carboxylic acids is 2. The molecular weight excluding hydrogens is 513 g/mol. The van der Waals surface area contributed by atoms with Crippen LogP contribution in [0.25, 0.3) is 0 Å². The Morgan fingerprint density at radius 3 is 2.37 bits per heavy atom. The van der Waals surface area contributed by atoms with Crippen LogP contribution in [-0.2, 0) is 21.5 Å². The normalized spacial score (nSPS) is 15.3. The van der Waals surface area contributed by atoms with E-state index in [2.05, 4.69) is 22.0 Å². The van der Waals surface area contributed by atoms with E-state index in [9.17, 15) is 19.2 Å². The number of piperidine rings is 1. The summed E-state index contributed by atoms with van der Waals surface area (Å²) in [7, 11) is 1.74. The predicted molar refractivity (Wildman–Crippen MR) is 135 cm³/mol. The van der Waals surface area contributed by atoms with Crippen LogP contribution in [0, 0.1) is 17.1 Å². The van der Waals surface area contributed by atoms with Gasteiger partial charge in [0, 0.05) is 43.0 Å². The summed E-state index contributed by atoms with van der Waals surface area (Å²) in [6.07, 6.45) is 0.993. The molecule has 1 aliphatic heterocycles. The van der Waals surface area contributed by atoms with Crippen molar-refractivity contribution < 1.29 is 18.7 Å². The number of ether oxygens (including phenoxy) is 1. The number of likely N-dealkylation sites (tertiary alicyclic amines) is 1. The Kier molecular flexibility index (Phi) is 8.22. The van der Waals surface area contributed by atoms with Gasteiger partial charge < -0.3 is 14.5 Å². The highest BCUT2D eigenvalue weighted by Crippen LogP contribution is 2.39. The molecule has 0 atom stereocenters. The molecule has 1 aliphatic rings. The summed E-state index contributed by atoms with van der Waals surface area (Å²) in [6.45, 7) is 6.74. The molecular formula is C27H31BrFN3O3. The Morgan fingerprint density at radius 2 is 1.80 bits per heavy atom. The van der Waals surface area contributed by atoms with Crippen LogP contribution < -0.4 is 0 Å². The van der Waals surface area contributed by atoms with Gasteiger partial charge in [0.2, 0.25) is 5.91 Å². The number of benzene rings is 2. The molecule has 0 saturated carbocycles. The van der Waals surface area contributed by atoms with Crippen LogP contribution in [0.15, 0.2) is 46.9 Å². The molecule has 1 heterocycles. The quantitative estimate of drug-likeness (QED) is 0.479. The van der Waals surface area contributed by atoms with Crippen LogP contribution in [0.3, 0.4) is 0 Å². The SMILES string of the molecule is CN(Cc1cc(Br)cc(C#N)c1)C(=O)CC1(c2ccc(F)cc2)CCN(C(=O)OC(C)(C)C)CC1. The van der Waals surface area contributed by atoms with E-state index < -0.39 is 11.0 Å². The van der Waals surface area contributed by atoms with Crippen molar-refractivity contribution in [3.63, 3.8) is 0 Å². The Balaban J connectivity index is 1.78. The molecule has 0 radical (unpaired) electrons. The summed E-state index contributed by atoms with van der Waals surface area (Å²) in [5.41, 5.74) is 1.15. The fourth-order valence-corrected chi connectivity index (χ4v) is 4.95. The number of nitriles is 1. The van der Waals surface area contributed by atoms with Crippen LogP contribution in [0.5, 0.6) is 0 Å².